The largest absolute Gasteiger partial charge is 0.487 e. The van der Waals surface area contributed by atoms with Gasteiger partial charge in [-0.15, -0.1) is 0 Å². The van der Waals surface area contributed by atoms with Crippen LogP contribution in [-0.4, -0.2) is 11.6 Å². The highest BCUT2D eigenvalue weighted by atomic mass is 16.5. The predicted molar refractivity (Wildman–Crippen MR) is 102 cm³/mol. The van der Waals surface area contributed by atoms with E-state index in [9.17, 15) is 0 Å². The van der Waals surface area contributed by atoms with Crippen LogP contribution in [0.25, 0.3) is 0 Å². The second kappa shape index (κ2) is 8.15. The molecule has 0 aliphatic heterocycles. The maximum Gasteiger partial charge on any atom is 0.138 e. The average molecular weight is 345 g/mol. The summed E-state index contributed by atoms with van der Waals surface area (Å²) in [5, 5.41) is 0. The van der Waals surface area contributed by atoms with Crippen molar-refractivity contribution in [2.45, 2.75) is 25.6 Å². The van der Waals surface area contributed by atoms with E-state index in [2.05, 4.69) is 35.3 Å². The molecule has 1 aliphatic rings. The number of pyridine rings is 1. The van der Waals surface area contributed by atoms with Crippen LogP contribution in [0.2, 0.25) is 0 Å². The lowest BCUT2D eigenvalue weighted by Gasteiger charge is -2.08. The zero-order chi connectivity index (χ0) is 17.6. The van der Waals surface area contributed by atoms with Crippen LogP contribution in [-0.2, 0) is 18.0 Å². The molecule has 1 saturated carbocycles. The van der Waals surface area contributed by atoms with E-state index < -0.39 is 0 Å². The molecule has 0 saturated heterocycles. The van der Waals surface area contributed by atoms with Gasteiger partial charge < -0.3 is 9.47 Å². The first-order chi connectivity index (χ1) is 12.9. The lowest BCUT2D eigenvalue weighted by molar-refractivity contribution is 0.110. The molecular formula is C23H23NO2. The molecule has 26 heavy (non-hydrogen) atoms. The Morgan fingerprint density at radius 3 is 2.27 bits per heavy atom. The van der Waals surface area contributed by atoms with Gasteiger partial charge >= 0.3 is 0 Å². The van der Waals surface area contributed by atoms with Gasteiger partial charge in [-0.2, -0.15) is 0 Å². The minimum Gasteiger partial charge on any atom is -0.487 e. The SMILES string of the molecule is c1ccc(COCC2CC2c2cncc(OCc3ccccc3)c2)cc1. The molecule has 3 nitrogen and oxygen atoms in total. The molecular weight excluding hydrogens is 322 g/mol. The first kappa shape index (κ1) is 16.8. The molecule has 3 aromatic rings. The van der Waals surface area contributed by atoms with Crippen LogP contribution >= 0.6 is 0 Å². The van der Waals surface area contributed by atoms with Crippen molar-refractivity contribution < 1.29 is 9.47 Å². The predicted octanol–water partition coefficient (Wildman–Crippen LogP) is 4.98. The van der Waals surface area contributed by atoms with Crippen LogP contribution in [0.5, 0.6) is 5.75 Å². The molecule has 2 atom stereocenters. The fraction of sp³-hybridized carbons (Fsp3) is 0.261. The molecule has 132 valence electrons. The number of ether oxygens (including phenoxy) is 2. The molecule has 0 N–H and O–H groups in total. The van der Waals surface area contributed by atoms with E-state index in [0.717, 1.165) is 17.9 Å². The van der Waals surface area contributed by atoms with Crippen LogP contribution in [0.3, 0.4) is 0 Å². The first-order valence-electron chi connectivity index (χ1n) is 9.12. The monoisotopic (exact) mass is 345 g/mol. The van der Waals surface area contributed by atoms with Crippen molar-refractivity contribution in [3.05, 3.63) is 95.8 Å². The zero-order valence-electron chi connectivity index (χ0n) is 14.8. The number of hydrogen-bond donors (Lipinski definition) is 0. The smallest absolute Gasteiger partial charge is 0.138 e. The van der Waals surface area contributed by atoms with Crippen LogP contribution in [0.15, 0.2) is 79.1 Å². The summed E-state index contributed by atoms with van der Waals surface area (Å²) < 4.78 is 11.8. The highest BCUT2D eigenvalue weighted by molar-refractivity contribution is 5.30. The van der Waals surface area contributed by atoms with Gasteiger partial charge in [0.2, 0.25) is 0 Å². The Hall–Kier alpha value is -2.65. The molecule has 2 unspecified atom stereocenters. The van der Waals surface area contributed by atoms with Gasteiger partial charge in [0.05, 0.1) is 19.4 Å². The van der Waals surface area contributed by atoms with E-state index >= 15 is 0 Å². The molecule has 1 fully saturated rings. The van der Waals surface area contributed by atoms with Crippen molar-refractivity contribution in [3.8, 4) is 5.75 Å². The second-order valence-electron chi connectivity index (χ2n) is 6.83. The zero-order valence-corrected chi connectivity index (χ0v) is 14.8. The molecule has 1 heterocycles. The molecule has 0 spiro atoms. The number of hydrogen-bond acceptors (Lipinski definition) is 3. The highest BCUT2D eigenvalue weighted by Crippen LogP contribution is 2.48. The number of rotatable bonds is 8. The van der Waals surface area contributed by atoms with E-state index in [1.54, 1.807) is 6.20 Å². The maximum atomic E-state index is 5.89. The van der Waals surface area contributed by atoms with Gasteiger partial charge in [-0.05, 0) is 41.0 Å². The van der Waals surface area contributed by atoms with Crippen LogP contribution in [0.1, 0.15) is 29.0 Å². The normalized spacial score (nSPS) is 18.5. The third kappa shape index (κ3) is 4.50. The summed E-state index contributed by atoms with van der Waals surface area (Å²) in [7, 11) is 0. The Balaban J connectivity index is 1.26. The first-order valence-corrected chi connectivity index (χ1v) is 9.12. The van der Waals surface area contributed by atoms with Gasteiger partial charge in [-0.3, -0.25) is 4.98 Å². The Morgan fingerprint density at radius 1 is 0.846 bits per heavy atom. The van der Waals surface area contributed by atoms with E-state index in [4.69, 9.17) is 9.47 Å². The molecule has 0 radical (unpaired) electrons. The summed E-state index contributed by atoms with van der Waals surface area (Å²) in [6, 6.07) is 22.6. The van der Waals surface area contributed by atoms with Gasteiger partial charge in [0.1, 0.15) is 12.4 Å². The van der Waals surface area contributed by atoms with Crippen molar-refractivity contribution in [1.29, 1.82) is 0 Å². The topological polar surface area (TPSA) is 31.4 Å². The molecule has 0 bridgehead atoms. The maximum absolute atomic E-state index is 5.89. The van der Waals surface area contributed by atoms with E-state index in [1.807, 2.05) is 42.6 Å². The Labute approximate surface area is 154 Å². The Morgan fingerprint density at radius 2 is 1.54 bits per heavy atom. The van der Waals surface area contributed by atoms with Crippen molar-refractivity contribution in [2.24, 2.45) is 5.92 Å². The van der Waals surface area contributed by atoms with Crippen molar-refractivity contribution in [3.63, 3.8) is 0 Å². The standard InChI is InChI=1S/C23H23NO2/c1-3-7-18(8-4-1)15-25-17-21-12-23(21)20-11-22(14-24-13-20)26-16-19-9-5-2-6-10-19/h1-11,13-14,21,23H,12,15-17H2. The fourth-order valence-corrected chi connectivity index (χ4v) is 3.20. The Kier molecular flexibility index (Phi) is 5.27. The molecule has 1 aromatic heterocycles. The van der Waals surface area contributed by atoms with Crippen molar-refractivity contribution in [1.82, 2.24) is 4.98 Å². The van der Waals surface area contributed by atoms with Crippen molar-refractivity contribution in [2.75, 3.05) is 6.61 Å². The third-order valence-corrected chi connectivity index (χ3v) is 4.78. The van der Waals surface area contributed by atoms with Gasteiger partial charge in [0.15, 0.2) is 0 Å². The van der Waals surface area contributed by atoms with Gasteiger partial charge in [0.25, 0.3) is 0 Å². The highest BCUT2D eigenvalue weighted by Gasteiger charge is 2.38. The number of aromatic nitrogens is 1. The van der Waals surface area contributed by atoms with E-state index in [0.29, 0.717) is 25.0 Å². The quantitative estimate of drug-likeness (QED) is 0.577. The summed E-state index contributed by atoms with van der Waals surface area (Å²) in [5.41, 5.74) is 3.64. The summed E-state index contributed by atoms with van der Waals surface area (Å²) in [5.74, 6) is 1.96. The van der Waals surface area contributed by atoms with E-state index in [1.165, 1.54) is 17.5 Å². The summed E-state index contributed by atoms with van der Waals surface area (Å²) >= 11 is 0. The minimum atomic E-state index is 0.540. The lowest BCUT2D eigenvalue weighted by atomic mass is 10.1. The number of benzene rings is 2. The fourth-order valence-electron chi connectivity index (χ4n) is 3.20. The summed E-state index contributed by atoms with van der Waals surface area (Å²) in [4.78, 5) is 4.35. The van der Waals surface area contributed by atoms with Crippen molar-refractivity contribution >= 4 is 0 Å². The summed E-state index contributed by atoms with van der Waals surface area (Å²) in [6.07, 6.45) is 4.91. The third-order valence-electron chi connectivity index (χ3n) is 4.78. The van der Waals surface area contributed by atoms with Crippen LogP contribution < -0.4 is 4.74 Å². The average Bonchev–Trinajstić information content (AvgIpc) is 3.48. The molecule has 4 rings (SSSR count). The lowest BCUT2D eigenvalue weighted by Crippen LogP contribution is -1.99. The van der Waals surface area contributed by atoms with E-state index in [-0.39, 0.29) is 0 Å². The minimum absolute atomic E-state index is 0.540. The van der Waals surface area contributed by atoms with Gasteiger partial charge in [-0.1, -0.05) is 60.7 Å². The second-order valence-corrected chi connectivity index (χ2v) is 6.83. The van der Waals surface area contributed by atoms with Gasteiger partial charge in [0, 0.05) is 6.20 Å². The molecule has 3 heteroatoms. The summed E-state index contributed by atoms with van der Waals surface area (Å²) in [6.45, 7) is 2.05. The Bertz CT molecular complexity index is 820. The molecule has 1 aliphatic carbocycles. The molecule has 0 amide bonds. The molecule has 2 aromatic carbocycles. The van der Waals surface area contributed by atoms with Crippen LogP contribution in [0, 0.1) is 5.92 Å². The number of nitrogens with zero attached hydrogens (tertiary/aromatic N) is 1. The van der Waals surface area contributed by atoms with Gasteiger partial charge in [-0.25, -0.2) is 0 Å². The van der Waals surface area contributed by atoms with Crippen LogP contribution in [0.4, 0.5) is 0 Å².